The summed E-state index contributed by atoms with van der Waals surface area (Å²) in [5, 5.41) is 15.6. The molecule has 0 saturated heterocycles. The summed E-state index contributed by atoms with van der Waals surface area (Å²) in [5.41, 5.74) is 1.09. The molecular formula is C17H24O8. The average molecular weight is 356 g/mol. The molecule has 0 aliphatic rings. The largest absolute Gasteiger partial charge is 0.478 e. The number of rotatable bonds is 9. The van der Waals surface area contributed by atoms with Crippen molar-refractivity contribution in [1.29, 1.82) is 0 Å². The van der Waals surface area contributed by atoms with Crippen molar-refractivity contribution in [2.45, 2.75) is 39.5 Å². The minimum Gasteiger partial charge on any atom is -0.478 e. The molecule has 0 atom stereocenters. The van der Waals surface area contributed by atoms with E-state index in [1.807, 2.05) is 6.92 Å². The van der Waals surface area contributed by atoms with Crippen LogP contribution in [-0.4, -0.2) is 41.2 Å². The fourth-order valence-corrected chi connectivity index (χ4v) is 1.25. The number of carbonyl (C=O) groups excluding carboxylic acids is 2. The number of carboxylic acids is 2. The van der Waals surface area contributed by atoms with Crippen molar-refractivity contribution in [3.8, 4) is 0 Å². The third kappa shape index (κ3) is 19.1. The van der Waals surface area contributed by atoms with Gasteiger partial charge in [-0.3, -0.25) is 0 Å². The van der Waals surface area contributed by atoms with Crippen LogP contribution < -0.4 is 0 Å². The van der Waals surface area contributed by atoms with Gasteiger partial charge in [0, 0.05) is 24.3 Å². The first-order valence-corrected chi connectivity index (χ1v) is 7.55. The van der Waals surface area contributed by atoms with E-state index >= 15 is 0 Å². The Labute approximate surface area is 146 Å². The Morgan fingerprint density at radius 1 is 0.880 bits per heavy atom. The third-order valence-corrected chi connectivity index (χ3v) is 2.57. The SMILES string of the molecule is CCCCC(=COC(=O)/C=C/C(=O)OC)CC.O=C(O)/C=C\C(=O)O. The Hall–Kier alpha value is -2.90. The highest BCUT2D eigenvalue weighted by molar-refractivity contribution is 5.91. The number of unbranched alkanes of at least 4 members (excludes halogenated alkanes) is 1. The zero-order valence-corrected chi connectivity index (χ0v) is 14.6. The van der Waals surface area contributed by atoms with Crippen LogP contribution in [0.25, 0.3) is 0 Å². The minimum atomic E-state index is -1.26. The molecule has 0 spiro atoms. The predicted molar refractivity (Wildman–Crippen MR) is 89.6 cm³/mol. The molecule has 0 heterocycles. The third-order valence-electron chi connectivity index (χ3n) is 2.57. The van der Waals surface area contributed by atoms with Gasteiger partial charge in [-0.2, -0.15) is 0 Å². The number of allylic oxidation sites excluding steroid dienone is 1. The standard InChI is InChI=1S/C13H20O4.C4H4O4/c1-4-6-7-11(5-2)10-17-13(15)9-8-12(14)16-3;5-3(6)1-2-4(7)8/h8-10H,4-7H2,1-3H3;1-2H,(H,5,6)(H,7,8)/b9-8+,11-10?;2-1-. The highest BCUT2D eigenvalue weighted by Crippen LogP contribution is 2.11. The van der Waals surface area contributed by atoms with Crippen molar-refractivity contribution in [2.75, 3.05) is 7.11 Å². The lowest BCUT2D eigenvalue weighted by Gasteiger charge is -2.02. The van der Waals surface area contributed by atoms with Gasteiger partial charge in [-0.15, -0.1) is 0 Å². The fraction of sp³-hybridized carbons (Fsp3) is 0.412. The summed E-state index contributed by atoms with van der Waals surface area (Å²) in [5.74, 6) is -3.66. The molecule has 0 aromatic carbocycles. The highest BCUT2D eigenvalue weighted by atomic mass is 16.5. The number of esters is 2. The summed E-state index contributed by atoms with van der Waals surface area (Å²) in [6.45, 7) is 4.12. The molecule has 0 unspecified atom stereocenters. The number of carboxylic acid groups (broad SMARTS) is 2. The maximum absolute atomic E-state index is 11.2. The van der Waals surface area contributed by atoms with Crippen LogP contribution in [0.4, 0.5) is 0 Å². The molecule has 8 heteroatoms. The van der Waals surface area contributed by atoms with Gasteiger partial charge in [-0.25, -0.2) is 19.2 Å². The number of hydrogen-bond donors (Lipinski definition) is 2. The van der Waals surface area contributed by atoms with Crippen LogP contribution in [0, 0.1) is 0 Å². The van der Waals surface area contributed by atoms with Crippen LogP contribution in [0.5, 0.6) is 0 Å². The van der Waals surface area contributed by atoms with Crippen molar-refractivity contribution in [3.63, 3.8) is 0 Å². The van der Waals surface area contributed by atoms with Crippen LogP contribution >= 0.6 is 0 Å². The molecule has 8 nitrogen and oxygen atoms in total. The van der Waals surface area contributed by atoms with Crippen LogP contribution in [-0.2, 0) is 28.7 Å². The Kier molecular flexibility index (Phi) is 15.6. The molecule has 25 heavy (non-hydrogen) atoms. The minimum absolute atomic E-state index is 0.558. The molecule has 0 rings (SSSR count). The zero-order chi connectivity index (χ0) is 19.7. The second-order valence-electron chi connectivity index (χ2n) is 4.54. The molecule has 0 fully saturated rings. The van der Waals surface area contributed by atoms with Gasteiger partial charge in [0.1, 0.15) is 0 Å². The molecule has 140 valence electrons. The molecule has 0 radical (unpaired) electrons. The summed E-state index contributed by atoms with van der Waals surface area (Å²) in [6.07, 6.45) is 8.64. The van der Waals surface area contributed by atoms with Gasteiger partial charge >= 0.3 is 23.9 Å². The second kappa shape index (κ2) is 16.0. The van der Waals surface area contributed by atoms with Gasteiger partial charge < -0.3 is 19.7 Å². The quantitative estimate of drug-likeness (QED) is 0.366. The lowest BCUT2D eigenvalue weighted by atomic mass is 10.1. The van der Waals surface area contributed by atoms with E-state index in [9.17, 15) is 19.2 Å². The van der Waals surface area contributed by atoms with Crippen molar-refractivity contribution in [3.05, 3.63) is 36.1 Å². The van der Waals surface area contributed by atoms with Crippen molar-refractivity contribution >= 4 is 23.9 Å². The lowest BCUT2D eigenvalue weighted by molar-refractivity contribution is -0.136. The van der Waals surface area contributed by atoms with Gasteiger partial charge in [0.05, 0.1) is 13.4 Å². The maximum Gasteiger partial charge on any atom is 0.335 e. The molecule has 0 saturated carbocycles. The van der Waals surface area contributed by atoms with E-state index < -0.39 is 23.9 Å². The van der Waals surface area contributed by atoms with Crippen LogP contribution in [0.15, 0.2) is 36.1 Å². The Morgan fingerprint density at radius 2 is 1.40 bits per heavy atom. The van der Waals surface area contributed by atoms with E-state index in [2.05, 4.69) is 11.7 Å². The molecule has 0 aliphatic heterocycles. The van der Waals surface area contributed by atoms with Gasteiger partial charge in [-0.05, 0) is 24.8 Å². The fourth-order valence-electron chi connectivity index (χ4n) is 1.25. The van der Waals surface area contributed by atoms with Crippen LogP contribution in [0.3, 0.4) is 0 Å². The van der Waals surface area contributed by atoms with E-state index in [0.717, 1.165) is 43.4 Å². The number of aliphatic carboxylic acids is 2. The van der Waals surface area contributed by atoms with Gasteiger partial charge in [-0.1, -0.05) is 20.3 Å². The van der Waals surface area contributed by atoms with Crippen LogP contribution in [0.2, 0.25) is 0 Å². The average Bonchev–Trinajstić information content (AvgIpc) is 2.58. The number of ether oxygens (including phenoxy) is 2. The lowest BCUT2D eigenvalue weighted by Crippen LogP contribution is -1.99. The number of methoxy groups -OCH3 is 1. The van der Waals surface area contributed by atoms with Crippen molar-refractivity contribution < 1.29 is 38.9 Å². The highest BCUT2D eigenvalue weighted by Gasteiger charge is 1.99. The second-order valence-corrected chi connectivity index (χ2v) is 4.54. The van der Waals surface area contributed by atoms with E-state index in [0.29, 0.717) is 12.2 Å². The van der Waals surface area contributed by atoms with E-state index in [1.54, 1.807) is 0 Å². The van der Waals surface area contributed by atoms with E-state index in [-0.39, 0.29) is 0 Å². The van der Waals surface area contributed by atoms with Crippen molar-refractivity contribution in [2.24, 2.45) is 0 Å². The van der Waals surface area contributed by atoms with Crippen LogP contribution in [0.1, 0.15) is 39.5 Å². The molecule has 0 bridgehead atoms. The normalized spacial score (nSPS) is 10.9. The summed E-state index contributed by atoms with van der Waals surface area (Å²) < 4.78 is 9.24. The van der Waals surface area contributed by atoms with E-state index in [4.69, 9.17) is 14.9 Å². The Morgan fingerprint density at radius 3 is 1.80 bits per heavy atom. The molecule has 0 amide bonds. The summed E-state index contributed by atoms with van der Waals surface area (Å²) >= 11 is 0. The first kappa shape index (κ1) is 24.4. The monoisotopic (exact) mass is 356 g/mol. The summed E-state index contributed by atoms with van der Waals surface area (Å²) in [4.78, 5) is 41.0. The molecule has 2 N–H and O–H groups in total. The first-order chi connectivity index (χ1) is 11.8. The number of carbonyl (C=O) groups is 4. The number of hydrogen-bond acceptors (Lipinski definition) is 6. The summed E-state index contributed by atoms with van der Waals surface area (Å²) in [6, 6.07) is 0. The van der Waals surface area contributed by atoms with E-state index in [1.165, 1.54) is 13.4 Å². The van der Waals surface area contributed by atoms with Gasteiger partial charge in [0.15, 0.2) is 0 Å². The predicted octanol–water partition coefficient (Wildman–Crippen LogP) is 2.45. The maximum atomic E-state index is 11.2. The van der Waals surface area contributed by atoms with Gasteiger partial charge in [0.25, 0.3) is 0 Å². The molecular weight excluding hydrogens is 332 g/mol. The molecule has 0 aromatic rings. The molecule has 0 aliphatic carbocycles. The Balaban J connectivity index is 0. The smallest absolute Gasteiger partial charge is 0.335 e. The Bertz CT molecular complexity index is 513. The van der Waals surface area contributed by atoms with Crippen molar-refractivity contribution in [1.82, 2.24) is 0 Å². The zero-order valence-electron chi connectivity index (χ0n) is 14.6. The molecule has 0 aromatic heterocycles. The summed E-state index contributed by atoms with van der Waals surface area (Å²) in [7, 11) is 1.25. The first-order valence-electron chi connectivity index (χ1n) is 7.55. The topological polar surface area (TPSA) is 127 Å². The van der Waals surface area contributed by atoms with Gasteiger partial charge in [0.2, 0.25) is 0 Å².